The molecule has 0 aliphatic heterocycles. The van der Waals surface area contributed by atoms with Gasteiger partial charge in [0.25, 0.3) is 0 Å². The van der Waals surface area contributed by atoms with Gasteiger partial charge in [-0.15, -0.1) is 11.3 Å². The van der Waals surface area contributed by atoms with E-state index in [2.05, 4.69) is 0 Å². The minimum absolute atomic E-state index is 0.0777. The van der Waals surface area contributed by atoms with Crippen LogP contribution in [0, 0.1) is 11.6 Å². The van der Waals surface area contributed by atoms with Crippen molar-refractivity contribution in [2.45, 2.75) is 6.04 Å². The van der Waals surface area contributed by atoms with Gasteiger partial charge >= 0.3 is 0 Å². The fourth-order valence-corrected chi connectivity index (χ4v) is 3.20. The van der Waals surface area contributed by atoms with Crippen molar-refractivity contribution in [2.75, 3.05) is 0 Å². The van der Waals surface area contributed by atoms with E-state index in [1.165, 1.54) is 29.5 Å². The Morgan fingerprint density at radius 1 is 0.947 bits per heavy atom. The Hall–Kier alpha value is -1.78. The summed E-state index contributed by atoms with van der Waals surface area (Å²) in [5.74, 6) is -1.22. The highest BCUT2D eigenvalue weighted by Crippen LogP contribution is 2.33. The molecule has 4 heteroatoms. The van der Waals surface area contributed by atoms with Crippen LogP contribution < -0.4 is 5.73 Å². The van der Waals surface area contributed by atoms with Crippen LogP contribution in [0.25, 0.3) is 10.1 Å². The molecule has 1 heterocycles. The smallest absolute Gasteiger partial charge is 0.131 e. The lowest BCUT2D eigenvalue weighted by Crippen LogP contribution is -2.15. The fraction of sp³-hybridized carbons (Fsp3) is 0.0667. The Kier molecular flexibility index (Phi) is 3.05. The maximum atomic E-state index is 13.8. The average molecular weight is 275 g/mol. The number of fused-ring (bicyclic) bond motifs is 1. The minimum Gasteiger partial charge on any atom is -0.320 e. The lowest BCUT2D eigenvalue weighted by molar-refractivity contribution is 0.544. The van der Waals surface area contributed by atoms with E-state index >= 15 is 0 Å². The molecule has 0 bridgehead atoms. The van der Waals surface area contributed by atoms with Gasteiger partial charge in [-0.25, -0.2) is 8.78 Å². The van der Waals surface area contributed by atoms with Crippen LogP contribution in [0.3, 0.4) is 0 Å². The highest BCUT2D eigenvalue weighted by Gasteiger charge is 2.20. The van der Waals surface area contributed by atoms with Gasteiger partial charge in [0.05, 0.1) is 6.04 Å². The van der Waals surface area contributed by atoms with Crippen molar-refractivity contribution in [2.24, 2.45) is 5.73 Å². The molecule has 0 aliphatic rings. The molecule has 1 unspecified atom stereocenters. The fourth-order valence-electron chi connectivity index (χ4n) is 2.20. The molecule has 1 nitrogen and oxygen atoms in total. The second-order valence-corrected chi connectivity index (χ2v) is 5.21. The lowest BCUT2D eigenvalue weighted by Gasteiger charge is -2.13. The molecule has 2 N–H and O–H groups in total. The zero-order valence-corrected chi connectivity index (χ0v) is 10.8. The van der Waals surface area contributed by atoms with Crippen molar-refractivity contribution in [3.05, 3.63) is 70.6 Å². The summed E-state index contributed by atoms with van der Waals surface area (Å²) in [7, 11) is 0. The molecule has 1 atom stereocenters. The van der Waals surface area contributed by atoms with Crippen molar-refractivity contribution in [1.82, 2.24) is 0 Å². The summed E-state index contributed by atoms with van der Waals surface area (Å²) in [6.07, 6.45) is 0. The molecule has 1 aromatic heterocycles. The standard InChI is InChI=1S/C15H11F2NS/c16-11-5-3-6-12(17)14(11)15(18)10-8-19-13-7-2-1-4-9(10)13/h1-8,15H,18H2. The zero-order chi connectivity index (χ0) is 13.4. The number of halogens is 2. The van der Waals surface area contributed by atoms with E-state index in [-0.39, 0.29) is 5.56 Å². The quantitative estimate of drug-likeness (QED) is 0.744. The summed E-state index contributed by atoms with van der Waals surface area (Å²) >= 11 is 1.52. The topological polar surface area (TPSA) is 26.0 Å². The Bertz CT molecular complexity index is 716. The molecule has 0 saturated carbocycles. The summed E-state index contributed by atoms with van der Waals surface area (Å²) in [4.78, 5) is 0. The minimum atomic E-state index is -0.794. The van der Waals surface area contributed by atoms with Crippen LogP contribution in [0.15, 0.2) is 47.8 Å². The summed E-state index contributed by atoms with van der Waals surface area (Å²) in [5, 5.41) is 2.81. The number of hydrogen-bond acceptors (Lipinski definition) is 2. The first-order chi connectivity index (χ1) is 9.18. The Balaban J connectivity index is 2.16. The second kappa shape index (κ2) is 4.72. The summed E-state index contributed by atoms with van der Waals surface area (Å²) in [6.45, 7) is 0. The third kappa shape index (κ3) is 2.03. The van der Waals surface area contributed by atoms with Crippen molar-refractivity contribution >= 4 is 21.4 Å². The largest absolute Gasteiger partial charge is 0.320 e. The van der Waals surface area contributed by atoms with Crippen molar-refractivity contribution in [3.8, 4) is 0 Å². The van der Waals surface area contributed by atoms with Gasteiger partial charge in [-0.2, -0.15) is 0 Å². The molecule has 0 fully saturated rings. The molecule has 0 amide bonds. The van der Waals surface area contributed by atoms with Crippen molar-refractivity contribution in [1.29, 1.82) is 0 Å². The average Bonchev–Trinajstić information content (AvgIpc) is 2.82. The predicted molar refractivity (Wildman–Crippen MR) is 74.2 cm³/mol. The number of hydrogen-bond donors (Lipinski definition) is 1. The molecule has 0 saturated heterocycles. The maximum Gasteiger partial charge on any atom is 0.131 e. The van der Waals surface area contributed by atoms with Gasteiger partial charge in [-0.3, -0.25) is 0 Å². The number of nitrogens with two attached hydrogens (primary N) is 1. The first-order valence-electron chi connectivity index (χ1n) is 5.84. The van der Waals surface area contributed by atoms with E-state index in [1.54, 1.807) is 0 Å². The number of thiophene rings is 1. The summed E-state index contributed by atoms with van der Waals surface area (Å²) in [6, 6.07) is 10.7. The van der Waals surface area contributed by atoms with Gasteiger partial charge in [0.1, 0.15) is 11.6 Å². The third-order valence-electron chi connectivity index (χ3n) is 3.16. The third-order valence-corrected chi connectivity index (χ3v) is 4.14. The SMILES string of the molecule is NC(c1c(F)cccc1F)c1csc2ccccc12. The van der Waals surface area contributed by atoms with Crippen molar-refractivity contribution in [3.63, 3.8) is 0 Å². The van der Waals surface area contributed by atoms with Crippen LogP contribution in [0.5, 0.6) is 0 Å². The van der Waals surface area contributed by atoms with Gasteiger partial charge in [0, 0.05) is 10.3 Å². The number of benzene rings is 2. The molecule has 96 valence electrons. The van der Waals surface area contributed by atoms with E-state index in [1.807, 2.05) is 29.6 Å². The van der Waals surface area contributed by atoms with Gasteiger partial charge < -0.3 is 5.73 Å². The first-order valence-corrected chi connectivity index (χ1v) is 6.72. The van der Waals surface area contributed by atoms with Crippen LogP contribution in [0.1, 0.15) is 17.2 Å². The maximum absolute atomic E-state index is 13.8. The van der Waals surface area contributed by atoms with Gasteiger partial charge in [0.2, 0.25) is 0 Å². The number of rotatable bonds is 2. The van der Waals surface area contributed by atoms with Crippen LogP contribution in [-0.4, -0.2) is 0 Å². The molecule has 19 heavy (non-hydrogen) atoms. The molecule has 0 radical (unpaired) electrons. The summed E-state index contributed by atoms with van der Waals surface area (Å²) in [5.41, 5.74) is 6.73. The monoisotopic (exact) mass is 275 g/mol. The van der Waals surface area contributed by atoms with E-state index in [0.717, 1.165) is 15.6 Å². The molecule has 0 spiro atoms. The molecular formula is C15H11F2NS. The highest BCUT2D eigenvalue weighted by atomic mass is 32.1. The van der Waals surface area contributed by atoms with E-state index in [9.17, 15) is 8.78 Å². The Morgan fingerprint density at radius 2 is 1.63 bits per heavy atom. The normalized spacial score (nSPS) is 12.8. The molecule has 3 rings (SSSR count). The second-order valence-electron chi connectivity index (χ2n) is 4.30. The van der Waals surface area contributed by atoms with E-state index < -0.39 is 17.7 Å². The molecule has 3 aromatic rings. The first kappa shape index (κ1) is 12.3. The molecule has 2 aromatic carbocycles. The lowest BCUT2D eigenvalue weighted by atomic mass is 9.98. The van der Waals surface area contributed by atoms with Gasteiger partial charge in [-0.1, -0.05) is 24.3 Å². The van der Waals surface area contributed by atoms with Crippen LogP contribution >= 0.6 is 11.3 Å². The van der Waals surface area contributed by atoms with Crippen LogP contribution in [0.4, 0.5) is 8.78 Å². The Labute approximate surface area is 113 Å². The highest BCUT2D eigenvalue weighted by molar-refractivity contribution is 7.17. The van der Waals surface area contributed by atoms with E-state index in [0.29, 0.717) is 0 Å². The molecular weight excluding hydrogens is 264 g/mol. The van der Waals surface area contributed by atoms with Gasteiger partial charge in [-0.05, 0) is 34.5 Å². The zero-order valence-electron chi connectivity index (χ0n) is 9.94. The van der Waals surface area contributed by atoms with Crippen LogP contribution in [-0.2, 0) is 0 Å². The summed E-state index contributed by atoms with van der Waals surface area (Å²) < 4.78 is 28.6. The Morgan fingerprint density at radius 3 is 2.37 bits per heavy atom. The van der Waals surface area contributed by atoms with E-state index in [4.69, 9.17) is 5.73 Å². The van der Waals surface area contributed by atoms with Crippen LogP contribution in [0.2, 0.25) is 0 Å². The predicted octanol–water partition coefficient (Wildman–Crippen LogP) is 4.23. The molecule has 0 aliphatic carbocycles. The van der Waals surface area contributed by atoms with Gasteiger partial charge in [0.15, 0.2) is 0 Å². The van der Waals surface area contributed by atoms with Crippen molar-refractivity contribution < 1.29 is 8.78 Å².